The number of nitrogens with one attached hydrogen (secondary N) is 1. The molecule has 0 saturated carbocycles. The minimum absolute atomic E-state index is 0.133. The lowest BCUT2D eigenvalue weighted by atomic mass is 10.2. The molecule has 1 amide bonds. The summed E-state index contributed by atoms with van der Waals surface area (Å²) < 4.78 is 7.53. The average Bonchev–Trinajstić information content (AvgIpc) is 3.44. The Bertz CT molecular complexity index is 1040. The van der Waals surface area contributed by atoms with Crippen molar-refractivity contribution in [2.75, 3.05) is 0 Å². The van der Waals surface area contributed by atoms with Gasteiger partial charge in [-0.25, -0.2) is 4.98 Å². The van der Waals surface area contributed by atoms with Crippen molar-refractivity contribution < 1.29 is 9.53 Å². The number of carbonyl (C=O) groups excluding carboxylic acids is 1. The quantitative estimate of drug-likeness (QED) is 0.484. The van der Waals surface area contributed by atoms with Gasteiger partial charge in [0.1, 0.15) is 12.4 Å². The smallest absolute Gasteiger partial charge is 0.251 e. The molecule has 2 aromatic carbocycles. The van der Waals surface area contributed by atoms with E-state index in [0.29, 0.717) is 31.0 Å². The molecule has 0 atom stereocenters. The van der Waals surface area contributed by atoms with Gasteiger partial charge in [0.05, 0.1) is 23.9 Å². The SMILES string of the molecule is O=C(NCc1cnn(Cc2ccccc2)c1)c1ccc(OCc2cscn2)cc1. The van der Waals surface area contributed by atoms with Crippen LogP contribution in [0.4, 0.5) is 0 Å². The van der Waals surface area contributed by atoms with E-state index >= 15 is 0 Å². The number of hydrogen-bond acceptors (Lipinski definition) is 5. The predicted molar refractivity (Wildman–Crippen MR) is 112 cm³/mol. The van der Waals surface area contributed by atoms with Crippen LogP contribution in [0.15, 0.2) is 77.9 Å². The lowest BCUT2D eigenvalue weighted by Gasteiger charge is -2.07. The van der Waals surface area contributed by atoms with E-state index in [-0.39, 0.29) is 5.91 Å². The molecule has 29 heavy (non-hydrogen) atoms. The van der Waals surface area contributed by atoms with Gasteiger partial charge in [-0.1, -0.05) is 30.3 Å². The van der Waals surface area contributed by atoms with Crippen LogP contribution in [0.2, 0.25) is 0 Å². The molecule has 146 valence electrons. The van der Waals surface area contributed by atoms with Crippen LogP contribution in [0, 0.1) is 0 Å². The minimum Gasteiger partial charge on any atom is -0.487 e. The van der Waals surface area contributed by atoms with E-state index in [2.05, 4.69) is 27.5 Å². The number of rotatable bonds is 8. The molecular formula is C22H20N4O2S. The maximum Gasteiger partial charge on any atom is 0.251 e. The molecule has 7 heteroatoms. The molecule has 0 bridgehead atoms. The van der Waals surface area contributed by atoms with Crippen LogP contribution >= 0.6 is 11.3 Å². The van der Waals surface area contributed by atoms with Crippen molar-refractivity contribution in [3.8, 4) is 5.75 Å². The van der Waals surface area contributed by atoms with Gasteiger partial charge in [0.15, 0.2) is 0 Å². The summed E-state index contributed by atoms with van der Waals surface area (Å²) in [5, 5.41) is 9.23. The number of carbonyl (C=O) groups is 1. The second-order valence-corrected chi connectivity index (χ2v) is 7.23. The number of benzene rings is 2. The molecule has 0 radical (unpaired) electrons. The highest BCUT2D eigenvalue weighted by atomic mass is 32.1. The van der Waals surface area contributed by atoms with Crippen molar-refractivity contribution in [1.29, 1.82) is 0 Å². The summed E-state index contributed by atoms with van der Waals surface area (Å²) in [6.45, 7) is 1.55. The Balaban J connectivity index is 1.27. The zero-order chi connectivity index (χ0) is 19.9. The van der Waals surface area contributed by atoms with Gasteiger partial charge in [0.25, 0.3) is 5.91 Å². The topological polar surface area (TPSA) is 69.0 Å². The first-order chi connectivity index (χ1) is 14.3. The molecule has 0 saturated heterocycles. The number of nitrogens with zero attached hydrogens (tertiary/aromatic N) is 3. The Morgan fingerprint density at radius 2 is 1.90 bits per heavy atom. The van der Waals surface area contributed by atoms with Gasteiger partial charge >= 0.3 is 0 Å². The molecule has 6 nitrogen and oxygen atoms in total. The highest BCUT2D eigenvalue weighted by molar-refractivity contribution is 7.07. The number of thiazole rings is 1. The standard InChI is InChI=1S/C22H20N4O2S/c27-22(19-6-8-21(9-7-19)28-14-20-15-29-16-24-20)23-10-18-11-25-26(13-18)12-17-4-2-1-3-5-17/h1-9,11,13,15-16H,10,12,14H2,(H,23,27). The minimum atomic E-state index is -0.133. The molecule has 4 rings (SSSR count). The van der Waals surface area contributed by atoms with Gasteiger partial charge in [-0.3, -0.25) is 9.48 Å². The molecule has 0 unspecified atom stereocenters. The third kappa shape index (κ3) is 5.30. The van der Waals surface area contributed by atoms with Crippen LogP contribution in [-0.4, -0.2) is 20.7 Å². The van der Waals surface area contributed by atoms with E-state index < -0.39 is 0 Å². The van der Waals surface area contributed by atoms with Gasteiger partial charge in [-0.2, -0.15) is 5.10 Å². The number of hydrogen-bond donors (Lipinski definition) is 1. The molecule has 2 aromatic heterocycles. The van der Waals surface area contributed by atoms with Crippen LogP contribution < -0.4 is 10.1 Å². The third-order valence-corrected chi connectivity index (χ3v) is 4.95. The summed E-state index contributed by atoms with van der Waals surface area (Å²) in [6, 6.07) is 17.2. The molecule has 1 N–H and O–H groups in total. The van der Waals surface area contributed by atoms with Gasteiger partial charge < -0.3 is 10.1 Å². The Kier molecular flexibility index (Phi) is 5.97. The van der Waals surface area contributed by atoms with E-state index in [1.165, 1.54) is 16.9 Å². The van der Waals surface area contributed by atoms with Gasteiger partial charge in [-0.15, -0.1) is 11.3 Å². The highest BCUT2D eigenvalue weighted by Crippen LogP contribution is 2.14. The summed E-state index contributed by atoms with van der Waals surface area (Å²) in [5.41, 5.74) is 5.39. The van der Waals surface area contributed by atoms with E-state index in [4.69, 9.17) is 4.74 Å². The maximum absolute atomic E-state index is 12.4. The fourth-order valence-electron chi connectivity index (χ4n) is 2.81. The van der Waals surface area contributed by atoms with Gasteiger partial charge in [0.2, 0.25) is 0 Å². The van der Waals surface area contributed by atoms with E-state index in [0.717, 1.165) is 11.3 Å². The van der Waals surface area contributed by atoms with Gasteiger partial charge in [0, 0.05) is 29.2 Å². The van der Waals surface area contributed by atoms with Crippen LogP contribution in [0.3, 0.4) is 0 Å². The first-order valence-electron chi connectivity index (χ1n) is 9.20. The Morgan fingerprint density at radius 1 is 1.07 bits per heavy atom. The van der Waals surface area contributed by atoms with Crippen molar-refractivity contribution in [3.63, 3.8) is 0 Å². The van der Waals surface area contributed by atoms with Crippen molar-refractivity contribution in [2.45, 2.75) is 19.7 Å². The Morgan fingerprint density at radius 3 is 2.66 bits per heavy atom. The molecule has 4 aromatic rings. The number of amides is 1. The monoisotopic (exact) mass is 404 g/mol. The first-order valence-corrected chi connectivity index (χ1v) is 10.1. The van der Waals surface area contributed by atoms with Gasteiger partial charge in [-0.05, 0) is 29.8 Å². The van der Waals surface area contributed by atoms with Crippen LogP contribution in [0.1, 0.15) is 27.2 Å². The molecule has 0 spiro atoms. The fraction of sp³-hybridized carbons (Fsp3) is 0.136. The normalized spacial score (nSPS) is 10.6. The third-order valence-electron chi connectivity index (χ3n) is 4.31. The zero-order valence-corrected chi connectivity index (χ0v) is 16.5. The summed E-state index contributed by atoms with van der Waals surface area (Å²) in [5.74, 6) is 0.573. The molecule has 0 aliphatic rings. The summed E-state index contributed by atoms with van der Waals surface area (Å²) in [4.78, 5) is 16.6. The fourth-order valence-corrected chi connectivity index (χ4v) is 3.35. The maximum atomic E-state index is 12.4. The van der Waals surface area contributed by atoms with Crippen molar-refractivity contribution in [1.82, 2.24) is 20.1 Å². The lowest BCUT2D eigenvalue weighted by molar-refractivity contribution is 0.0951. The second-order valence-electron chi connectivity index (χ2n) is 6.51. The molecule has 0 fully saturated rings. The molecule has 2 heterocycles. The number of aromatic nitrogens is 3. The molecular weight excluding hydrogens is 384 g/mol. The molecule has 0 aliphatic carbocycles. The van der Waals surface area contributed by atoms with E-state index in [1.807, 2.05) is 34.5 Å². The van der Waals surface area contributed by atoms with Crippen molar-refractivity contribution in [3.05, 3.63) is 100 Å². The first kappa shape index (κ1) is 18.9. The predicted octanol–water partition coefficient (Wildman–Crippen LogP) is 3.90. The second kappa shape index (κ2) is 9.16. The Labute approximate surface area is 172 Å². The summed E-state index contributed by atoms with van der Waals surface area (Å²) >= 11 is 1.54. The van der Waals surface area contributed by atoms with E-state index in [9.17, 15) is 4.79 Å². The van der Waals surface area contributed by atoms with Crippen molar-refractivity contribution >= 4 is 17.2 Å². The van der Waals surface area contributed by atoms with Crippen LogP contribution in [-0.2, 0) is 19.7 Å². The van der Waals surface area contributed by atoms with Crippen molar-refractivity contribution in [2.24, 2.45) is 0 Å². The lowest BCUT2D eigenvalue weighted by Crippen LogP contribution is -2.22. The average molecular weight is 404 g/mol. The van der Waals surface area contributed by atoms with Crippen LogP contribution in [0.25, 0.3) is 0 Å². The van der Waals surface area contributed by atoms with E-state index in [1.54, 1.807) is 36.0 Å². The highest BCUT2D eigenvalue weighted by Gasteiger charge is 2.07. The van der Waals surface area contributed by atoms with Crippen LogP contribution in [0.5, 0.6) is 5.75 Å². The molecule has 0 aliphatic heterocycles. The number of ether oxygens (including phenoxy) is 1. The summed E-state index contributed by atoms with van der Waals surface area (Å²) in [6.07, 6.45) is 3.72. The largest absolute Gasteiger partial charge is 0.487 e. The zero-order valence-electron chi connectivity index (χ0n) is 15.7. The Hall–Kier alpha value is -3.45. The summed E-state index contributed by atoms with van der Waals surface area (Å²) in [7, 11) is 0.